The van der Waals surface area contributed by atoms with Gasteiger partial charge < -0.3 is 5.32 Å². The van der Waals surface area contributed by atoms with Gasteiger partial charge in [0, 0.05) is 24.5 Å². The van der Waals surface area contributed by atoms with E-state index in [1.54, 1.807) is 0 Å². The van der Waals surface area contributed by atoms with Crippen molar-refractivity contribution >= 4 is 0 Å². The van der Waals surface area contributed by atoms with Crippen LogP contribution in [0.3, 0.4) is 0 Å². The summed E-state index contributed by atoms with van der Waals surface area (Å²) >= 11 is 0. The molecule has 2 heteroatoms. The van der Waals surface area contributed by atoms with Gasteiger partial charge in [0.05, 0.1) is 0 Å². The molecule has 1 heterocycles. The van der Waals surface area contributed by atoms with Crippen LogP contribution in [-0.4, -0.2) is 11.0 Å². The van der Waals surface area contributed by atoms with Crippen LogP contribution in [-0.2, 0) is 0 Å². The Morgan fingerprint density at radius 3 is 2.47 bits per heavy atom. The van der Waals surface area contributed by atoms with Gasteiger partial charge >= 0.3 is 0 Å². The Kier molecular flexibility index (Phi) is 2.97. The second kappa shape index (κ2) is 4.31. The molecule has 104 valence electrons. The van der Waals surface area contributed by atoms with Crippen LogP contribution in [0.4, 0.5) is 0 Å². The fraction of sp³-hybridized carbons (Fsp3) is 0.706. The molecular weight excluding hydrogens is 232 g/mol. The van der Waals surface area contributed by atoms with Gasteiger partial charge in [-0.1, -0.05) is 20.8 Å². The maximum absolute atomic E-state index is 4.11. The van der Waals surface area contributed by atoms with E-state index in [1.807, 2.05) is 12.4 Å². The third-order valence-electron chi connectivity index (χ3n) is 6.45. The minimum absolute atomic E-state index is 0.417. The van der Waals surface area contributed by atoms with Crippen molar-refractivity contribution in [2.75, 3.05) is 0 Å². The summed E-state index contributed by atoms with van der Waals surface area (Å²) in [7, 11) is 0. The van der Waals surface area contributed by atoms with Gasteiger partial charge in [-0.3, -0.25) is 4.98 Å². The zero-order chi connectivity index (χ0) is 13.7. The Morgan fingerprint density at radius 1 is 1.26 bits per heavy atom. The molecule has 2 nitrogen and oxygen atoms in total. The van der Waals surface area contributed by atoms with Gasteiger partial charge in [-0.05, 0) is 60.6 Å². The molecule has 2 aliphatic carbocycles. The topological polar surface area (TPSA) is 24.9 Å². The number of hydrogen-bond acceptors (Lipinski definition) is 2. The minimum atomic E-state index is 0.417. The van der Waals surface area contributed by atoms with Crippen LogP contribution in [0.25, 0.3) is 0 Å². The Morgan fingerprint density at radius 2 is 1.95 bits per heavy atom. The lowest BCUT2D eigenvalue weighted by Gasteiger charge is -2.40. The van der Waals surface area contributed by atoms with E-state index in [1.165, 1.54) is 24.8 Å². The summed E-state index contributed by atoms with van der Waals surface area (Å²) in [6.45, 7) is 9.72. The number of hydrogen-bond donors (Lipinski definition) is 1. The zero-order valence-electron chi connectivity index (χ0n) is 12.6. The molecule has 3 rings (SSSR count). The van der Waals surface area contributed by atoms with Crippen molar-refractivity contribution in [2.45, 2.75) is 59.0 Å². The van der Waals surface area contributed by atoms with E-state index < -0.39 is 0 Å². The molecule has 1 aromatic rings. The van der Waals surface area contributed by atoms with Crippen LogP contribution in [0.2, 0.25) is 0 Å². The average molecular weight is 258 g/mol. The molecule has 2 fully saturated rings. The van der Waals surface area contributed by atoms with Gasteiger partial charge in [-0.25, -0.2) is 0 Å². The lowest BCUT2D eigenvalue weighted by Crippen LogP contribution is -2.45. The van der Waals surface area contributed by atoms with Crippen molar-refractivity contribution in [2.24, 2.45) is 16.7 Å². The monoisotopic (exact) mass is 258 g/mol. The fourth-order valence-corrected chi connectivity index (χ4v) is 4.51. The molecule has 0 radical (unpaired) electrons. The van der Waals surface area contributed by atoms with Gasteiger partial charge in [0.15, 0.2) is 0 Å². The van der Waals surface area contributed by atoms with Gasteiger partial charge in [-0.15, -0.1) is 0 Å². The maximum atomic E-state index is 4.11. The Bertz CT molecular complexity index is 454. The number of nitrogens with zero attached hydrogens (tertiary/aromatic N) is 1. The normalized spacial score (nSPS) is 37.5. The molecule has 1 N–H and O–H groups in total. The van der Waals surface area contributed by atoms with Crippen LogP contribution >= 0.6 is 0 Å². The van der Waals surface area contributed by atoms with Crippen LogP contribution in [0.5, 0.6) is 0 Å². The van der Waals surface area contributed by atoms with E-state index >= 15 is 0 Å². The molecule has 0 aliphatic heterocycles. The smallest absolute Gasteiger partial charge is 0.0295 e. The second-order valence-electron chi connectivity index (χ2n) is 7.33. The van der Waals surface area contributed by atoms with Crippen LogP contribution in [0, 0.1) is 16.7 Å². The Balaban J connectivity index is 1.76. The molecule has 2 aliphatic rings. The average Bonchev–Trinajstić information content (AvgIpc) is 2.73. The highest BCUT2D eigenvalue weighted by Gasteiger charge is 2.61. The van der Waals surface area contributed by atoms with E-state index in [2.05, 4.69) is 50.1 Å². The first-order valence-corrected chi connectivity index (χ1v) is 7.61. The van der Waals surface area contributed by atoms with Crippen LogP contribution in [0.15, 0.2) is 24.5 Å². The lowest BCUT2D eigenvalue weighted by atomic mass is 9.69. The van der Waals surface area contributed by atoms with E-state index in [0.717, 1.165) is 5.92 Å². The Labute approximate surface area is 117 Å². The molecule has 4 atom stereocenters. The summed E-state index contributed by atoms with van der Waals surface area (Å²) < 4.78 is 0. The fourth-order valence-electron chi connectivity index (χ4n) is 4.51. The predicted octanol–water partition coefficient (Wildman–Crippen LogP) is 3.95. The number of aromatic nitrogens is 1. The van der Waals surface area contributed by atoms with Crippen molar-refractivity contribution in [1.82, 2.24) is 10.3 Å². The molecule has 2 bridgehead atoms. The molecule has 0 saturated heterocycles. The highest BCUT2D eigenvalue weighted by atomic mass is 15.0. The summed E-state index contributed by atoms with van der Waals surface area (Å²) in [6.07, 6.45) is 7.93. The van der Waals surface area contributed by atoms with Crippen molar-refractivity contribution in [3.05, 3.63) is 30.1 Å². The summed E-state index contributed by atoms with van der Waals surface area (Å²) in [5.74, 6) is 0.902. The van der Waals surface area contributed by atoms with E-state index in [9.17, 15) is 0 Å². The molecule has 3 unspecified atom stereocenters. The van der Waals surface area contributed by atoms with Crippen molar-refractivity contribution in [3.63, 3.8) is 0 Å². The number of rotatable bonds is 3. The van der Waals surface area contributed by atoms with E-state index in [4.69, 9.17) is 0 Å². The van der Waals surface area contributed by atoms with Gasteiger partial charge in [-0.2, -0.15) is 0 Å². The number of nitrogens with one attached hydrogen (secondary N) is 1. The molecule has 0 amide bonds. The highest BCUT2D eigenvalue weighted by molar-refractivity contribution is 5.18. The van der Waals surface area contributed by atoms with Crippen LogP contribution < -0.4 is 5.32 Å². The maximum Gasteiger partial charge on any atom is 0.0295 e. The molecule has 1 aromatic heterocycles. The van der Waals surface area contributed by atoms with Gasteiger partial charge in [0.1, 0.15) is 0 Å². The van der Waals surface area contributed by atoms with Gasteiger partial charge in [0.2, 0.25) is 0 Å². The first-order chi connectivity index (χ1) is 8.95. The standard InChI is InChI=1S/C17H26N2/c1-12(13-6-9-18-10-7-13)19-15-11-14-5-8-17(15,4)16(14,2)3/h6-7,9-10,12,14-15,19H,5,8,11H2,1-4H3/t12-,14?,15?,17?/m1/s1. The van der Waals surface area contributed by atoms with E-state index in [-0.39, 0.29) is 0 Å². The van der Waals surface area contributed by atoms with Gasteiger partial charge in [0.25, 0.3) is 0 Å². The quantitative estimate of drug-likeness (QED) is 0.888. The minimum Gasteiger partial charge on any atom is -0.307 e. The largest absolute Gasteiger partial charge is 0.307 e. The first-order valence-electron chi connectivity index (χ1n) is 7.61. The molecule has 0 aromatic carbocycles. The third-order valence-corrected chi connectivity index (χ3v) is 6.45. The molecule has 0 spiro atoms. The van der Waals surface area contributed by atoms with Crippen molar-refractivity contribution < 1.29 is 0 Å². The summed E-state index contributed by atoms with van der Waals surface area (Å²) in [4.78, 5) is 4.11. The summed E-state index contributed by atoms with van der Waals surface area (Å²) in [6, 6.07) is 5.32. The molecular formula is C17H26N2. The zero-order valence-corrected chi connectivity index (χ0v) is 12.6. The van der Waals surface area contributed by atoms with Crippen molar-refractivity contribution in [1.29, 1.82) is 0 Å². The van der Waals surface area contributed by atoms with E-state index in [0.29, 0.717) is 22.9 Å². The summed E-state index contributed by atoms with van der Waals surface area (Å²) in [5, 5.41) is 3.89. The van der Waals surface area contributed by atoms with Crippen molar-refractivity contribution in [3.8, 4) is 0 Å². The lowest BCUT2D eigenvalue weighted by molar-refractivity contribution is 0.116. The second-order valence-corrected chi connectivity index (χ2v) is 7.33. The SMILES string of the molecule is C[C@@H](NC1CC2CCC1(C)C2(C)C)c1ccncc1. The first kappa shape index (κ1) is 13.1. The predicted molar refractivity (Wildman–Crippen MR) is 78.8 cm³/mol. The highest BCUT2D eigenvalue weighted by Crippen LogP contribution is 2.65. The van der Waals surface area contributed by atoms with Crippen LogP contribution in [0.1, 0.15) is 58.6 Å². The number of pyridine rings is 1. The summed E-state index contributed by atoms with van der Waals surface area (Å²) in [5.41, 5.74) is 2.29. The third kappa shape index (κ3) is 1.84. The molecule has 19 heavy (non-hydrogen) atoms. The molecule has 2 saturated carbocycles. The Hall–Kier alpha value is -0.890. The number of fused-ring (bicyclic) bond motifs is 2.